The molecule has 140 valence electrons. The van der Waals surface area contributed by atoms with Crippen LogP contribution in [0.25, 0.3) is 0 Å². The summed E-state index contributed by atoms with van der Waals surface area (Å²) >= 11 is 1.64. The fraction of sp³-hybridized carbons (Fsp3) is 0.381. The van der Waals surface area contributed by atoms with E-state index in [1.54, 1.807) is 11.3 Å². The molecule has 3 aromatic rings. The van der Waals surface area contributed by atoms with E-state index < -0.39 is 0 Å². The Kier molecular flexibility index (Phi) is 5.07. The van der Waals surface area contributed by atoms with E-state index in [9.17, 15) is 4.79 Å². The zero-order valence-corrected chi connectivity index (χ0v) is 16.6. The van der Waals surface area contributed by atoms with Crippen molar-refractivity contribution in [1.29, 1.82) is 0 Å². The van der Waals surface area contributed by atoms with Gasteiger partial charge in [-0.3, -0.25) is 9.48 Å². The number of rotatable bonds is 4. The van der Waals surface area contributed by atoms with E-state index in [1.807, 2.05) is 52.3 Å². The molecule has 4 rings (SSSR count). The predicted molar refractivity (Wildman–Crippen MR) is 107 cm³/mol. The highest BCUT2D eigenvalue weighted by Gasteiger charge is 2.30. The van der Waals surface area contributed by atoms with Gasteiger partial charge in [0.15, 0.2) is 0 Å². The number of carbonyl (C=O) groups is 1. The standard InChI is InChI=1S/C21H24N4OS/c1-15-13-16(2)25(23-15)14-17-6-8-18(9-7-17)21(26)24-11-4-3-5-19(24)20-22-10-12-27-20/h6-10,12-13,19H,3-5,11,14H2,1-2H3/t19-/m1/s1. The summed E-state index contributed by atoms with van der Waals surface area (Å²) in [5, 5.41) is 7.54. The molecule has 0 bridgehead atoms. The first-order chi connectivity index (χ1) is 13.1. The third kappa shape index (κ3) is 3.81. The molecule has 1 amide bonds. The number of carbonyl (C=O) groups excluding carboxylic acids is 1. The largest absolute Gasteiger partial charge is 0.329 e. The number of hydrogen-bond donors (Lipinski definition) is 0. The second-order valence-electron chi connectivity index (χ2n) is 7.16. The molecule has 27 heavy (non-hydrogen) atoms. The monoisotopic (exact) mass is 380 g/mol. The smallest absolute Gasteiger partial charge is 0.254 e. The van der Waals surface area contributed by atoms with Gasteiger partial charge in [-0.25, -0.2) is 4.98 Å². The number of amides is 1. The fourth-order valence-electron chi connectivity index (χ4n) is 3.76. The van der Waals surface area contributed by atoms with Crippen molar-refractivity contribution in [3.8, 4) is 0 Å². The van der Waals surface area contributed by atoms with E-state index in [2.05, 4.69) is 23.1 Å². The second-order valence-corrected chi connectivity index (χ2v) is 8.09. The first-order valence-corrected chi connectivity index (χ1v) is 10.3. The Labute approximate surface area is 163 Å². The minimum Gasteiger partial charge on any atom is -0.329 e. The lowest BCUT2D eigenvalue weighted by molar-refractivity contribution is 0.0611. The van der Waals surface area contributed by atoms with Crippen molar-refractivity contribution in [2.75, 3.05) is 6.54 Å². The maximum absolute atomic E-state index is 13.1. The molecular formula is C21H24N4OS. The average molecular weight is 381 g/mol. The second kappa shape index (κ2) is 7.64. The molecule has 0 saturated carbocycles. The minimum absolute atomic E-state index is 0.104. The van der Waals surface area contributed by atoms with E-state index in [4.69, 9.17) is 0 Å². The van der Waals surface area contributed by atoms with Crippen LogP contribution < -0.4 is 0 Å². The normalized spacial score (nSPS) is 17.3. The van der Waals surface area contributed by atoms with Gasteiger partial charge in [-0.05, 0) is 56.9 Å². The number of aryl methyl sites for hydroxylation is 2. The number of piperidine rings is 1. The molecule has 0 radical (unpaired) electrons. The molecule has 0 aliphatic carbocycles. The van der Waals surface area contributed by atoms with E-state index in [-0.39, 0.29) is 11.9 Å². The molecule has 1 aromatic carbocycles. The van der Waals surface area contributed by atoms with Crippen molar-refractivity contribution in [3.05, 3.63) is 69.4 Å². The summed E-state index contributed by atoms with van der Waals surface area (Å²) < 4.78 is 2.00. The minimum atomic E-state index is 0.104. The lowest BCUT2D eigenvalue weighted by atomic mass is 10.0. The Bertz CT molecular complexity index is 914. The van der Waals surface area contributed by atoms with Gasteiger partial charge in [-0.2, -0.15) is 5.10 Å². The summed E-state index contributed by atoms with van der Waals surface area (Å²) in [5.74, 6) is 0.104. The Hall–Kier alpha value is -2.47. The molecule has 1 atom stereocenters. The lowest BCUT2D eigenvalue weighted by Gasteiger charge is -2.34. The van der Waals surface area contributed by atoms with Crippen LogP contribution in [0.1, 0.15) is 57.6 Å². The SMILES string of the molecule is Cc1cc(C)n(Cc2ccc(C(=O)N3CCCC[C@@H]3c3nccs3)cc2)n1. The average Bonchev–Trinajstić information content (AvgIpc) is 3.32. The summed E-state index contributed by atoms with van der Waals surface area (Å²) in [6.45, 7) is 5.59. The van der Waals surface area contributed by atoms with Crippen LogP contribution in [0.2, 0.25) is 0 Å². The number of aromatic nitrogens is 3. The van der Waals surface area contributed by atoms with Crippen LogP contribution >= 0.6 is 11.3 Å². The molecule has 1 aliphatic heterocycles. The quantitative estimate of drug-likeness (QED) is 0.675. The van der Waals surface area contributed by atoms with Gasteiger partial charge in [-0.15, -0.1) is 11.3 Å². The molecule has 0 N–H and O–H groups in total. The molecule has 1 aliphatic rings. The molecule has 1 saturated heterocycles. The molecule has 1 fully saturated rings. The Morgan fingerprint density at radius 1 is 1.22 bits per heavy atom. The van der Waals surface area contributed by atoms with Crippen molar-refractivity contribution in [2.45, 2.75) is 45.7 Å². The summed E-state index contributed by atoms with van der Waals surface area (Å²) in [4.78, 5) is 19.6. The van der Waals surface area contributed by atoms with Crippen molar-refractivity contribution in [2.24, 2.45) is 0 Å². The maximum atomic E-state index is 13.1. The van der Waals surface area contributed by atoms with Gasteiger partial charge in [0.1, 0.15) is 5.01 Å². The number of likely N-dealkylation sites (tertiary alicyclic amines) is 1. The van der Waals surface area contributed by atoms with Gasteiger partial charge < -0.3 is 4.90 Å². The summed E-state index contributed by atoms with van der Waals surface area (Å²) in [5.41, 5.74) is 4.06. The first kappa shape index (κ1) is 17.9. The van der Waals surface area contributed by atoms with Crippen LogP contribution in [0.3, 0.4) is 0 Å². The Morgan fingerprint density at radius 3 is 2.70 bits per heavy atom. The number of hydrogen-bond acceptors (Lipinski definition) is 4. The molecule has 5 nitrogen and oxygen atoms in total. The van der Waals surface area contributed by atoms with E-state index in [0.717, 1.165) is 59.9 Å². The number of thiazole rings is 1. The van der Waals surface area contributed by atoms with Crippen LogP contribution in [-0.4, -0.2) is 32.1 Å². The zero-order valence-electron chi connectivity index (χ0n) is 15.8. The molecule has 6 heteroatoms. The first-order valence-electron chi connectivity index (χ1n) is 9.42. The Morgan fingerprint density at radius 2 is 2.04 bits per heavy atom. The summed E-state index contributed by atoms with van der Waals surface area (Å²) in [6, 6.07) is 10.1. The molecule has 3 heterocycles. The molecule has 2 aromatic heterocycles. The Balaban J connectivity index is 1.50. The van der Waals surface area contributed by atoms with Crippen molar-refractivity contribution >= 4 is 17.2 Å². The van der Waals surface area contributed by atoms with E-state index in [1.165, 1.54) is 0 Å². The van der Waals surface area contributed by atoms with Gasteiger partial charge in [0.2, 0.25) is 0 Å². The summed E-state index contributed by atoms with van der Waals surface area (Å²) in [6.07, 6.45) is 5.03. The van der Waals surface area contributed by atoms with Gasteiger partial charge in [-0.1, -0.05) is 12.1 Å². The van der Waals surface area contributed by atoms with Crippen LogP contribution in [0.5, 0.6) is 0 Å². The highest BCUT2D eigenvalue weighted by molar-refractivity contribution is 7.09. The zero-order chi connectivity index (χ0) is 18.8. The molecule has 0 spiro atoms. The van der Waals surface area contributed by atoms with Crippen molar-refractivity contribution in [3.63, 3.8) is 0 Å². The highest BCUT2D eigenvalue weighted by atomic mass is 32.1. The topological polar surface area (TPSA) is 51.0 Å². The van der Waals surface area contributed by atoms with Crippen LogP contribution in [-0.2, 0) is 6.54 Å². The maximum Gasteiger partial charge on any atom is 0.254 e. The van der Waals surface area contributed by atoms with Gasteiger partial charge in [0.25, 0.3) is 5.91 Å². The fourth-order valence-corrected chi connectivity index (χ4v) is 4.54. The summed E-state index contributed by atoms with van der Waals surface area (Å²) in [7, 11) is 0. The number of benzene rings is 1. The van der Waals surface area contributed by atoms with Crippen molar-refractivity contribution < 1.29 is 4.79 Å². The third-order valence-electron chi connectivity index (χ3n) is 5.14. The predicted octanol–water partition coefficient (Wildman–Crippen LogP) is 4.37. The lowest BCUT2D eigenvalue weighted by Crippen LogP contribution is -2.38. The van der Waals surface area contributed by atoms with E-state index >= 15 is 0 Å². The number of nitrogens with zero attached hydrogens (tertiary/aromatic N) is 4. The van der Waals surface area contributed by atoms with Crippen LogP contribution in [0, 0.1) is 13.8 Å². The van der Waals surface area contributed by atoms with Crippen LogP contribution in [0.15, 0.2) is 41.9 Å². The van der Waals surface area contributed by atoms with Gasteiger partial charge in [0, 0.05) is 29.4 Å². The highest BCUT2D eigenvalue weighted by Crippen LogP contribution is 2.33. The third-order valence-corrected chi connectivity index (χ3v) is 6.01. The van der Waals surface area contributed by atoms with Crippen LogP contribution in [0.4, 0.5) is 0 Å². The van der Waals surface area contributed by atoms with E-state index in [0.29, 0.717) is 0 Å². The van der Waals surface area contributed by atoms with Gasteiger partial charge >= 0.3 is 0 Å². The van der Waals surface area contributed by atoms with Crippen molar-refractivity contribution in [1.82, 2.24) is 19.7 Å². The molecular weight excluding hydrogens is 356 g/mol. The molecule has 0 unspecified atom stereocenters. The van der Waals surface area contributed by atoms with Gasteiger partial charge in [0.05, 0.1) is 18.3 Å².